The molecule has 0 aliphatic rings. The minimum absolute atomic E-state index is 0.249. The van der Waals surface area contributed by atoms with Crippen LogP contribution in [0.2, 0.25) is 0 Å². The first-order chi connectivity index (χ1) is 15.4. The maximum atomic E-state index is 13.1. The van der Waals surface area contributed by atoms with Crippen molar-refractivity contribution in [2.75, 3.05) is 10.6 Å². The van der Waals surface area contributed by atoms with E-state index >= 15 is 0 Å². The van der Waals surface area contributed by atoms with Crippen molar-refractivity contribution in [2.24, 2.45) is 0 Å². The Morgan fingerprint density at radius 2 is 1.69 bits per heavy atom. The van der Waals surface area contributed by atoms with Crippen LogP contribution in [-0.4, -0.2) is 24.7 Å². The van der Waals surface area contributed by atoms with Gasteiger partial charge in [0.05, 0.1) is 30.2 Å². The van der Waals surface area contributed by atoms with E-state index in [1.807, 2.05) is 42.9 Å². The molecule has 0 bridgehead atoms. The van der Waals surface area contributed by atoms with Gasteiger partial charge in [0.25, 0.3) is 0 Å². The number of nitrogens with zero attached hydrogens (tertiary/aromatic N) is 4. The molecule has 4 rings (SSSR count). The van der Waals surface area contributed by atoms with Gasteiger partial charge in [-0.15, -0.1) is 0 Å². The maximum absolute atomic E-state index is 13.1. The molecule has 0 fully saturated rings. The summed E-state index contributed by atoms with van der Waals surface area (Å²) in [6.45, 7) is 7.35. The van der Waals surface area contributed by atoms with Gasteiger partial charge in [0.2, 0.25) is 0 Å². The third kappa shape index (κ3) is 5.03. The molecule has 0 unspecified atom stereocenters. The largest absolute Gasteiger partial charge is 0.329 e. The van der Waals surface area contributed by atoms with Crippen LogP contribution in [0.5, 0.6) is 0 Å². The summed E-state index contributed by atoms with van der Waals surface area (Å²) in [5.41, 5.74) is 6.22. The average molecular weight is 449 g/mol. The number of hydrogen-bond acceptors (Lipinski definition) is 3. The smallest absolute Gasteiger partial charge is 0.176 e. The number of anilines is 2. The zero-order valence-corrected chi connectivity index (χ0v) is 19.1. The van der Waals surface area contributed by atoms with Crippen LogP contribution < -0.4 is 10.6 Å². The highest BCUT2D eigenvalue weighted by molar-refractivity contribution is 7.80. The van der Waals surface area contributed by atoms with Crippen LogP contribution in [0, 0.1) is 26.6 Å². The molecule has 2 heterocycles. The Kier molecular flexibility index (Phi) is 6.32. The van der Waals surface area contributed by atoms with Crippen LogP contribution in [0.15, 0.2) is 60.8 Å². The zero-order valence-electron chi connectivity index (χ0n) is 18.3. The summed E-state index contributed by atoms with van der Waals surface area (Å²) in [5, 5.41) is 16.0. The molecule has 32 heavy (non-hydrogen) atoms. The van der Waals surface area contributed by atoms with E-state index in [1.54, 1.807) is 16.8 Å². The van der Waals surface area contributed by atoms with Crippen molar-refractivity contribution in [3.8, 4) is 0 Å². The minimum atomic E-state index is -0.249. The lowest BCUT2D eigenvalue weighted by Crippen LogP contribution is -2.20. The fourth-order valence-electron chi connectivity index (χ4n) is 3.54. The Balaban J connectivity index is 1.40. The van der Waals surface area contributed by atoms with Crippen molar-refractivity contribution in [3.63, 3.8) is 0 Å². The highest BCUT2D eigenvalue weighted by atomic mass is 32.1. The van der Waals surface area contributed by atoms with Crippen molar-refractivity contribution in [2.45, 2.75) is 33.9 Å². The van der Waals surface area contributed by atoms with Crippen LogP contribution >= 0.6 is 12.2 Å². The molecular formula is C24H25FN6S. The fourth-order valence-corrected chi connectivity index (χ4v) is 3.74. The predicted molar refractivity (Wildman–Crippen MR) is 130 cm³/mol. The number of aromatic nitrogens is 4. The van der Waals surface area contributed by atoms with Crippen molar-refractivity contribution in [1.82, 2.24) is 19.6 Å². The second-order valence-electron chi connectivity index (χ2n) is 7.73. The molecule has 0 amide bonds. The Morgan fingerprint density at radius 3 is 2.44 bits per heavy atom. The highest BCUT2D eigenvalue weighted by Gasteiger charge is 2.14. The van der Waals surface area contributed by atoms with Crippen LogP contribution in [0.4, 0.5) is 15.9 Å². The predicted octanol–water partition coefficient (Wildman–Crippen LogP) is 5.05. The molecule has 0 spiro atoms. The molecule has 8 heteroatoms. The van der Waals surface area contributed by atoms with Gasteiger partial charge in [-0.05, 0) is 61.8 Å². The zero-order chi connectivity index (χ0) is 22.7. The number of benzene rings is 2. The molecule has 0 aliphatic heterocycles. The van der Waals surface area contributed by atoms with Gasteiger partial charge in [0.15, 0.2) is 10.9 Å². The number of thiocarbonyl (C=S) groups is 1. The SMILES string of the molecule is Cc1ccccc1Cn1nc(C)c(NC(=S)Nc2ccn(Cc3ccc(F)cc3)n2)c1C. The lowest BCUT2D eigenvalue weighted by atomic mass is 10.1. The number of hydrogen-bond donors (Lipinski definition) is 2. The van der Waals surface area contributed by atoms with Gasteiger partial charge in [-0.1, -0.05) is 36.4 Å². The fraction of sp³-hybridized carbons (Fsp3) is 0.208. The molecule has 0 atom stereocenters. The van der Waals surface area contributed by atoms with Gasteiger partial charge < -0.3 is 10.6 Å². The monoisotopic (exact) mass is 448 g/mol. The summed E-state index contributed by atoms with van der Waals surface area (Å²) >= 11 is 5.50. The van der Waals surface area contributed by atoms with Crippen molar-refractivity contribution in [3.05, 3.63) is 94.7 Å². The Hall–Kier alpha value is -3.52. The van der Waals surface area contributed by atoms with Crippen molar-refractivity contribution >= 4 is 28.8 Å². The number of nitrogens with one attached hydrogen (secondary N) is 2. The molecular weight excluding hydrogens is 423 g/mol. The third-order valence-electron chi connectivity index (χ3n) is 5.34. The summed E-state index contributed by atoms with van der Waals surface area (Å²) < 4.78 is 16.8. The quantitative estimate of drug-likeness (QED) is 0.404. The standard InChI is InChI=1S/C24H25FN6S/c1-16-6-4-5-7-20(16)15-31-18(3)23(17(2)28-31)27-24(32)26-22-12-13-30(29-22)14-19-8-10-21(25)11-9-19/h4-13H,14-15H2,1-3H3,(H2,26,27,29,32). The van der Waals surface area contributed by atoms with E-state index in [4.69, 9.17) is 12.2 Å². The first-order valence-corrected chi connectivity index (χ1v) is 10.7. The van der Waals surface area contributed by atoms with Crippen LogP contribution in [-0.2, 0) is 13.1 Å². The number of halogens is 1. The molecule has 0 radical (unpaired) electrons. The summed E-state index contributed by atoms with van der Waals surface area (Å²) in [6.07, 6.45) is 1.85. The van der Waals surface area contributed by atoms with Gasteiger partial charge >= 0.3 is 0 Å². The van der Waals surface area contributed by atoms with E-state index in [1.165, 1.54) is 23.3 Å². The van der Waals surface area contributed by atoms with Gasteiger partial charge in [0, 0.05) is 12.3 Å². The molecule has 164 valence electrons. The first-order valence-electron chi connectivity index (χ1n) is 10.3. The van der Waals surface area contributed by atoms with E-state index in [0.29, 0.717) is 24.0 Å². The normalized spacial score (nSPS) is 10.9. The molecule has 2 N–H and O–H groups in total. The van der Waals surface area contributed by atoms with Crippen LogP contribution in [0.1, 0.15) is 28.1 Å². The van der Waals surface area contributed by atoms with Gasteiger partial charge in [0.1, 0.15) is 5.82 Å². The van der Waals surface area contributed by atoms with Crippen LogP contribution in [0.3, 0.4) is 0 Å². The average Bonchev–Trinajstić information content (AvgIpc) is 3.30. The van der Waals surface area contributed by atoms with Crippen molar-refractivity contribution < 1.29 is 4.39 Å². The summed E-state index contributed by atoms with van der Waals surface area (Å²) in [5.74, 6) is 0.382. The molecule has 2 aromatic carbocycles. The van der Waals surface area contributed by atoms with Gasteiger partial charge in [-0.3, -0.25) is 9.36 Å². The van der Waals surface area contributed by atoms with E-state index in [0.717, 1.165) is 22.6 Å². The van der Waals surface area contributed by atoms with Crippen LogP contribution in [0.25, 0.3) is 0 Å². The number of aryl methyl sites for hydroxylation is 2. The Labute approximate surface area is 192 Å². The molecule has 0 aliphatic carbocycles. The first kappa shape index (κ1) is 21.7. The van der Waals surface area contributed by atoms with E-state index < -0.39 is 0 Å². The van der Waals surface area contributed by atoms with E-state index in [9.17, 15) is 4.39 Å². The second-order valence-corrected chi connectivity index (χ2v) is 8.14. The lowest BCUT2D eigenvalue weighted by molar-refractivity contribution is 0.624. The third-order valence-corrected chi connectivity index (χ3v) is 5.55. The molecule has 4 aromatic rings. The molecule has 6 nitrogen and oxygen atoms in total. The van der Waals surface area contributed by atoms with Gasteiger partial charge in [-0.2, -0.15) is 10.2 Å². The van der Waals surface area contributed by atoms with E-state index in [-0.39, 0.29) is 5.82 Å². The van der Waals surface area contributed by atoms with E-state index in [2.05, 4.69) is 39.9 Å². The van der Waals surface area contributed by atoms with Gasteiger partial charge in [-0.25, -0.2) is 4.39 Å². The Morgan fingerprint density at radius 1 is 0.938 bits per heavy atom. The molecule has 2 aromatic heterocycles. The topological polar surface area (TPSA) is 59.7 Å². The molecule has 0 saturated heterocycles. The van der Waals surface area contributed by atoms with Crippen molar-refractivity contribution in [1.29, 1.82) is 0 Å². The number of rotatable bonds is 6. The summed E-state index contributed by atoms with van der Waals surface area (Å²) in [7, 11) is 0. The molecule has 0 saturated carbocycles. The summed E-state index contributed by atoms with van der Waals surface area (Å²) in [4.78, 5) is 0. The maximum Gasteiger partial charge on any atom is 0.176 e. The summed E-state index contributed by atoms with van der Waals surface area (Å²) in [6, 6.07) is 16.5. The highest BCUT2D eigenvalue weighted by Crippen LogP contribution is 2.21. The minimum Gasteiger partial charge on any atom is -0.329 e. The second kappa shape index (κ2) is 9.32. The lowest BCUT2D eigenvalue weighted by Gasteiger charge is -2.10. The Bertz CT molecular complexity index is 1240.